The number of halogens is 1. The van der Waals surface area contributed by atoms with Crippen molar-refractivity contribution in [2.45, 2.75) is 26.7 Å². The third kappa shape index (κ3) is 2.61. The second-order valence-corrected chi connectivity index (χ2v) is 5.76. The molecule has 0 aliphatic carbocycles. The molecule has 2 heterocycles. The summed E-state index contributed by atoms with van der Waals surface area (Å²) in [5.41, 5.74) is 3.87. The zero-order chi connectivity index (χ0) is 15.0. The first-order valence-electron chi connectivity index (χ1n) is 6.95. The number of benzene rings is 1. The van der Waals surface area contributed by atoms with E-state index in [4.69, 9.17) is 11.6 Å². The predicted octanol–water partition coefficient (Wildman–Crippen LogP) is 4.78. The molecule has 0 bridgehead atoms. The molecule has 0 saturated heterocycles. The first-order valence-corrected chi connectivity index (χ1v) is 7.33. The Kier molecular flexibility index (Phi) is 3.60. The lowest BCUT2D eigenvalue weighted by Crippen LogP contribution is -2.01. The van der Waals surface area contributed by atoms with Crippen molar-refractivity contribution >= 4 is 22.5 Å². The lowest BCUT2D eigenvalue weighted by Gasteiger charge is -2.12. The van der Waals surface area contributed by atoms with Crippen molar-refractivity contribution in [3.8, 4) is 11.4 Å². The van der Waals surface area contributed by atoms with Crippen molar-refractivity contribution < 1.29 is 0 Å². The molecule has 0 atom stereocenters. The Balaban J connectivity index is 2.14. The lowest BCUT2D eigenvalue weighted by molar-refractivity contribution is 0.831. The normalized spacial score (nSPS) is 11.3. The van der Waals surface area contributed by atoms with Gasteiger partial charge < -0.3 is 0 Å². The number of hydrogen-bond acceptors (Lipinski definition) is 3. The minimum atomic E-state index is 0.312. The second-order valence-electron chi connectivity index (χ2n) is 5.40. The molecule has 1 aromatic carbocycles. The summed E-state index contributed by atoms with van der Waals surface area (Å²) < 4.78 is 0. The quantitative estimate of drug-likeness (QED) is 0.639. The van der Waals surface area contributed by atoms with Gasteiger partial charge in [-0.25, -0.2) is 9.97 Å². The fraction of sp³-hybridized carbons (Fsp3) is 0.235. The Hall–Kier alpha value is -2.00. The third-order valence-electron chi connectivity index (χ3n) is 3.53. The Labute approximate surface area is 129 Å². The summed E-state index contributed by atoms with van der Waals surface area (Å²) in [6.45, 7) is 6.17. The van der Waals surface area contributed by atoms with Crippen LogP contribution in [-0.2, 0) is 0 Å². The van der Waals surface area contributed by atoms with Gasteiger partial charge in [0.05, 0.1) is 5.52 Å². The summed E-state index contributed by atoms with van der Waals surface area (Å²) in [6, 6.07) is 9.96. The molecule has 4 heteroatoms. The zero-order valence-corrected chi connectivity index (χ0v) is 13.0. The van der Waals surface area contributed by atoms with E-state index in [0.29, 0.717) is 16.9 Å². The SMILES string of the molecule is Cc1nc(-c2ccc3ncccc3c2)nc(Cl)c1C(C)C. The minimum absolute atomic E-state index is 0.312. The van der Waals surface area contributed by atoms with E-state index in [9.17, 15) is 0 Å². The first kappa shape index (κ1) is 14.0. The topological polar surface area (TPSA) is 38.7 Å². The van der Waals surface area contributed by atoms with Crippen molar-refractivity contribution in [3.05, 3.63) is 52.9 Å². The molecule has 0 saturated carbocycles. The van der Waals surface area contributed by atoms with E-state index in [-0.39, 0.29) is 0 Å². The van der Waals surface area contributed by atoms with Crippen LogP contribution < -0.4 is 0 Å². The Bertz CT molecular complexity index is 789. The molecule has 0 fully saturated rings. The molecule has 3 rings (SSSR count). The number of pyridine rings is 1. The number of nitrogens with zero attached hydrogens (tertiary/aromatic N) is 3. The van der Waals surface area contributed by atoms with E-state index in [1.807, 2.05) is 37.3 Å². The molecule has 0 unspecified atom stereocenters. The van der Waals surface area contributed by atoms with Crippen LogP contribution in [-0.4, -0.2) is 15.0 Å². The average molecular weight is 298 g/mol. The van der Waals surface area contributed by atoms with Gasteiger partial charge in [0.25, 0.3) is 0 Å². The van der Waals surface area contributed by atoms with Gasteiger partial charge in [0.1, 0.15) is 5.15 Å². The highest BCUT2D eigenvalue weighted by Gasteiger charge is 2.14. The highest BCUT2D eigenvalue weighted by molar-refractivity contribution is 6.30. The first-order chi connectivity index (χ1) is 10.1. The molecule has 2 aromatic heterocycles. The Morgan fingerprint density at radius 3 is 2.62 bits per heavy atom. The number of fused-ring (bicyclic) bond motifs is 1. The van der Waals surface area contributed by atoms with Gasteiger partial charge in [-0.15, -0.1) is 0 Å². The summed E-state index contributed by atoms with van der Waals surface area (Å²) in [6.07, 6.45) is 1.79. The highest BCUT2D eigenvalue weighted by atomic mass is 35.5. The molecule has 0 radical (unpaired) electrons. The molecule has 0 amide bonds. The van der Waals surface area contributed by atoms with E-state index >= 15 is 0 Å². The lowest BCUT2D eigenvalue weighted by atomic mass is 10.0. The molecule has 0 N–H and O–H groups in total. The molecule has 0 aliphatic heterocycles. The van der Waals surface area contributed by atoms with Crippen LogP contribution in [0.5, 0.6) is 0 Å². The monoisotopic (exact) mass is 297 g/mol. The van der Waals surface area contributed by atoms with Crippen LogP contribution in [0, 0.1) is 6.92 Å². The van der Waals surface area contributed by atoms with Crippen molar-refractivity contribution in [3.63, 3.8) is 0 Å². The van der Waals surface area contributed by atoms with Crippen LogP contribution in [0.3, 0.4) is 0 Å². The van der Waals surface area contributed by atoms with E-state index in [0.717, 1.165) is 27.7 Å². The Morgan fingerprint density at radius 2 is 1.90 bits per heavy atom. The van der Waals surface area contributed by atoms with Crippen LogP contribution in [0.15, 0.2) is 36.5 Å². The van der Waals surface area contributed by atoms with Crippen LogP contribution in [0.4, 0.5) is 0 Å². The van der Waals surface area contributed by atoms with Crippen molar-refractivity contribution in [2.75, 3.05) is 0 Å². The number of aryl methyl sites for hydroxylation is 1. The van der Waals surface area contributed by atoms with Gasteiger partial charge in [-0.05, 0) is 37.1 Å². The maximum atomic E-state index is 6.33. The van der Waals surface area contributed by atoms with Crippen LogP contribution in [0.25, 0.3) is 22.3 Å². The van der Waals surface area contributed by atoms with Crippen molar-refractivity contribution in [1.29, 1.82) is 0 Å². The second kappa shape index (κ2) is 5.41. The summed E-state index contributed by atoms with van der Waals surface area (Å²) >= 11 is 6.33. The smallest absolute Gasteiger partial charge is 0.161 e. The summed E-state index contributed by atoms with van der Waals surface area (Å²) in [5.74, 6) is 0.972. The fourth-order valence-electron chi connectivity index (χ4n) is 2.55. The molecule has 3 aromatic rings. The average Bonchev–Trinajstić information content (AvgIpc) is 2.45. The maximum absolute atomic E-state index is 6.33. The number of hydrogen-bond donors (Lipinski definition) is 0. The van der Waals surface area contributed by atoms with Gasteiger partial charge >= 0.3 is 0 Å². The van der Waals surface area contributed by atoms with Crippen LogP contribution >= 0.6 is 11.6 Å². The molecule has 3 nitrogen and oxygen atoms in total. The Morgan fingerprint density at radius 1 is 1.10 bits per heavy atom. The van der Waals surface area contributed by atoms with Crippen LogP contribution in [0.2, 0.25) is 5.15 Å². The van der Waals surface area contributed by atoms with Crippen molar-refractivity contribution in [1.82, 2.24) is 15.0 Å². The predicted molar refractivity (Wildman–Crippen MR) is 86.6 cm³/mol. The minimum Gasteiger partial charge on any atom is -0.256 e. The highest BCUT2D eigenvalue weighted by Crippen LogP contribution is 2.28. The van der Waals surface area contributed by atoms with Gasteiger partial charge in [0, 0.05) is 28.4 Å². The molecular formula is C17H16ClN3. The van der Waals surface area contributed by atoms with E-state index in [1.54, 1.807) is 6.20 Å². The van der Waals surface area contributed by atoms with Crippen LogP contribution in [0.1, 0.15) is 31.0 Å². The van der Waals surface area contributed by atoms with Gasteiger partial charge in [-0.2, -0.15) is 0 Å². The molecular weight excluding hydrogens is 282 g/mol. The van der Waals surface area contributed by atoms with Gasteiger partial charge in [0.2, 0.25) is 0 Å². The largest absolute Gasteiger partial charge is 0.256 e. The summed E-state index contributed by atoms with van der Waals surface area (Å²) in [7, 11) is 0. The fourth-order valence-corrected chi connectivity index (χ4v) is 2.98. The van der Waals surface area contributed by atoms with E-state index in [2.05, 4.69) is 28.8 Å². The van der Waals surface area contributed by atoms with Crippen molar-refractivity contribution in [2.24, 2.45) is 0 Å². The summed E-state index contributed by atoms with van der Waals surface area (Å²) in [5, 5.41) is 1.61. The summed E-state index contributed by atoms with van der Waals surface area (Å²) in [4.78, 5) is 13.4. The molecule has 0 aliphatic rings. The maximum Gasteiger partial charge on any atom is 0.161 e. The van der Waals surface area contributed by atoms with Gasteiger partial charge in [-0.3, -0.25) is 4.98 Å². The zero-order valence-electron chi connectivity index (χ0n) is 12.3. The number of rotatable bonds is 2. The molecule has 21 heavy (non-hydrogen) atoms. The van der Waals surface area contributed by atoms with E-state index in [1.165, 1.54) is 0 Å². The molecule has 0 spiro atoms. The van der Waals surface area contributed by atoms with Gasteiger partial charge in [-0.1, -0.05) is 31.5 Å². The van der Waals surface area contributed by atoms with Gasteiger partial charge in [0.15, 0.2) is 5.82 Å². The van der Waals surface area contributed by atoms with E-state index < -0.39 is 0 Å². The third-order valence-corrected chi connectivity index (χ3v) is 3.82. The number of aromatic nitrogens is 3. The standard InChI is InChI=1S/C17H16ClN3/c1-10(2)15-11(3)20-17(21-16(15)18)13-6-7-14-12(9-13)5-4-8-19-14/h4-10H,1-3H3. The molecule has 106 valence electrons.